The van der Waals surface area contributed by atoms with Crippen LogP contribution in [-0.2, 0) is 6.54 Å². The number of nitrogens with zero attached hydrogens (tertiary/aromatic N) is 2. The van der Waals surface area contributed by atoms with Crippen LogP contribution in [0.15, 0.2) is 28.8 Å². The molecule has 1 aromatic heterocycles. The zero-order valence-electron chi connectivity index (χ0n) is 8.92. The van der Waals surface area contributed by atoms with Crippen LogP contribution in [0.5, 0.6) is 0 Å². The summed E-state index contributed by atoms with van der Waals surface area (Å²) in [5.74, 6) is 0.889. The Hall–Kier alpha value is -1.72. The van der Waals surface area contributed by atoms with Crippen LogP contribution in [0.25, 0.3) is 11.4 Å². The second kappa shape index (κ2) is 4.42. The number of aromatic nitrogens is 2. The molecule has 3 N–H and O–H groups in total. The Labute approximate surface area is 92.9 Å². The van der Waals surface area contributed by atoms with E-state index in [-0.39, 0.29) is 6.54 Å². The minimum Gasteiger partial charge on any atom is -0.389 e. The fourth-order valence-corrected chi connectivity index (χ4v) is 1.39. The lowest BCUT2D eigenvalue weighted by Crippen LogP contribution is -1.96. The van der Waals surface area contributed by atoms with Gasteiger partial charge in [0.2, 0.25) is 11.7 Å². The average molecular weight is 219 g/mol. The number of hydrogen-bond donors (Lipinski definition) is 2. The Morgan fingerprint density at radius 3 is 2.94 bits per heavy atom. The van der Waals surface area contributed by atoms with Crippen molar-refractivity contribution in [2.75, 3.05) is 0 Å². The highest BCUT2D eigenvalue weighted by Gasteiger charge is 2.09. The predicted molar refractivity (Wildman–Crippen MR) is 58.3 cm³/mol. The lowest BCUT2D eigenvalue weighted by atomic mass is 10.1. The monoisotopic (exact) mass is 219 g/mol. The molecule has 1 unspecified atom stereocenters. The van der Waals surface area contributed by atoms with Crippen molar-refractivity contribution >= 4 is 0 Å². The molecule has 2 rings (SSSR count). The van der Waals surface area contributed by atoms with Gasteiger partial charge in [0.05, 0.1) is 12.6 Å². The molecule has 5 heteroatoms. The molecule has 1 atom stereocenters. The van der Waals surface area contributed by atoms with E-state index in [9.17, 15) is 5.11 Å². The molecule has 16 heavy (non-hydrogen) atoms. The molecule has 0 spiro atoms. The SMILES string of the molecule is CC(O)c1cccc(-c2noc(CN)n2)c1. The van der Waals surface area contributed by atoms with Crippen LogP contribution < -0.4 is 5.73 Å². The molecule has 0 fully saturated rings. The van der Waals surface area contributed by atoms with Crippen molar-refractivity contribution < 1.29 is 9.63 Å². The van der Waals surface area contributed by atoms with Gasteiger partial charge in [-0.1, -0.05) is 23.4 Å². The fraction of sp³-hybridized carbons (Fsp3) is 0.273. The molecular weight excluding hydrogens is 206 g/mol. The van der Waals surface area contributed by atoms with Crippen molar-refractivity contribution in [3.8, 4) is 11.4 Å². The molecule has 0 aliphatic carbocycles. The van der Waals surface area contributed by atoms with Crippen LogP contribution in [0.2, 0.25) is 0 Å². The van der Waals surface area contributed by atoms with E-state index >= 15 is 0 Å². The van der Waals surface area contributed by atoms with Crippen molar-refractivity contribution in [2.24, 2.45) is 5.73 Å². The minimum atomic E-state index is -0.513. The molecule has 0 radical (unpaired) electrons. The maximum atomic E-state index is 9.46. The summed E-state index contributed by atoms with van der Waals surface area (Å²) in [7, 11) is 0. The largest absolute Gasteiger partial charge is 0.389 e. The summed E-state index contributed by atoms with van der Waals surface area (Å²) in [5.41, 5.74) is 7.01. The van der Waals surface area contributed by atoms with Gasteiger partial charge in [-0.05, 0) is 18.6 Å². The minimum absolute atomic E-state index is 0.225. The van der Waals surface area contributed by atoms with E-state index in [0.717, 1.165) is 11.1 Å². The third-order valence-electron chi connectivity index (χ3n) is 2.27. The molecule has 1 heterocycles. The van der Waals surface area contributed by atoms with Crippen LogP contribution in [0, 0.1) is 0 Å². The smallest absolute Gasteiger partial charge is 0.240 e. The van der Waals surface area contributed by atoms with E-state index in [2.05, 4.69) is 10.1 Å². The molecule has 0 aliphatic heterocycles. The molecule has 0 aliphatic rings. The quantitative estimate of drug-likeness (QED) is 0.811. The molecule has 84 valence electrons. The van der Waals surface area contributed by atoms with E-state index in [1.807, 2.05) is 24.3 Å². The number of benzene rings is 1. The van der Waals surface area contributed by atoms with Gasteiger partial charge in [0, 0.05) is 5.56 Å². The van der Waals surface area contributed by atoms with Gasteiger partial charge < -0.3 is 15.4 Å². The maximum Gasteiger partial charge on any atom is 0.240 e. The number of nitrogens with two attached hydrogens (primary N) is 1. The predicted octanol–water partition coefficient (Wildman–Crippen LogP) is 1.25. The molecule has 5 nitrogen and oxygen atoms in total. The summed E-state index contributed by atoms with van der Waals surface area (Å²) < 4.78 is 4.92. The highest BCUT2D eigenvalue weighted by atomic mass is 16.5. The summed E-state index contributed by atoms with van der Waals surface area (Å²) in [4.78, 5) is 4.12. The summed E-state index contributed by atoms with van der Waals surface area (Å²) in [5, 5.41) is 13.3. The highest BCUT2D eigenvalue weighted by molar-refractivity contribution is 5.55. The van der Waals surface area contributed by atoms with Crippen molar-refractivity contribution in [1.29, 1.82) is 0 Å². The van der Waals surface area contributed by atoms with Gasteiger partial charge in [0.15, 0.2) is 0 Å². The summed E-state index contributed by atoms with van der Waals surface area (Å²) >= 11 is 0. The molecule has 1 aromatic carbocycles. The molecule has 2 aromatic rings. The van der Waals surface area contributed by atoms with Crippen molar-refractivity contribution in [2.45, 2.75) is 19.6 Å². The number of aliphatic hydroxyl groups is 1. The van der Waals surface area contributed by atoms with Gasteiger partial charge in [0.25, 0.3) is 0 Å². The van der Waals surface area contributed by atoms with Crippen LogP contribution in [-0.4, -0.2) is 15.2 Å². The normalized spacial score (nSPS) is 12.7. The van der Waals surface area contributed by atoms with Crippen LogP contribution >= 0.6 is 0 Å². The van der Waals surface area contributed by atoms with Gasteiger partial charge in [-0.3, -0.25) is 0 Å². The van der Waals surface area contributed by atoms with E-state index in [0.29, 0.717) is 11.7 Å². The zero-order valence-corrected chi connectivity index (χ0v) is 8.92. The van der Waals surface area contributed by atoms with E-state index in [4.69, 9.17) is 10.3 Å². The van der Waals surface area contributed by atoms with Crippen LogP contribution in [0.4, 0.5) is 0 Å². The number of hydrogen-bond acceptors (Lipinski definition) is 5. The van der Waals surface area contributed by atoms with Gasteiger partial charge in [-0.25, -0.2) is 0 Å². The summed E-state index contributed by atoms with van der Waals surface area (Å²) in [6, 6.07) is 7.38. The Kier molecular flexibility index (Phi) is 2.98. The highest BCUT2D eigenvalue weighted by Crippen LogP contribution is 2.20. The van der Waals surface area contributed by atoms with E-state index in [1.54, 1.807) is 6.92 Å². The third kappa shape index (κ3) is 2.10. The van der Waals surface area contributed by atoms with Crippen molar-refractivity contribution in [3.63, 3.8) is 0 Å². The van der Waals surface area contributed by atoms with Crippen molar-refractivity contribution in [3.05, 3.63) is 35.7 Å². The Morgan fingerprint density at radius 2 is 2.31 bits per heavy atom. The van der Waals surface area contributed by atoms with Gasteiger partial charge >= 0.3 is 0 Å². The van der Waals surface area contributed by atoms with E-state index < -0.39 is 6.10 Å². The third-order valence-corrected chi connectivity index (χ3v) is 2.27. The fourth-order valence-electron chi connectivity index (χ4n) is 1.39. The standard InChI is InChI=1S/C11H13N3O2/c1-7(15)8-3-2-4-9(5-8)11-13-10(6-12)16-14-11/h2-5,7,15H,6,12H2,1H3. The Morgan fingerprint density at radius 1 is 1.50 bits per heavy atom. The lowest BCUT2D eigenvalue weighted by Gasteiger charge is -2.04. The van der Waals surface area contributed by atoms with Gasteiger partial charge in [0.1, 0.15) is 0 Å². The second-order valence-corrected chi connectivity index (χ2v) is 3.52. The first kappa shape index (κ1) is 10.8. The van der Waals surface area contributed by atoms with Crippen LogP contribution in [0.3, 0.4) is 0 Å². The first-order valence-corrected chi connectivity index (χ1v) is 5.01. The van der Waals surface area contributed by atoms with Crippen molar-refractivity contribution in [1.82, 2.24) is 10.1 Å². The maximum absolute atomic E-state index is 9.46. The van der Waals surface area contributed by atoms with Gasteiger partial charge in [-0.2, -0.15) is 4.98 Å². The van der Waals surface area contributed by atoms with E-state index in [1.165, 1.54) is 0 Å². The Balaban J connectivity index is 2.36. The Bertz CT molecular complexity index is 480. The lowest BCUT2D eigenvalue weighted by molar-refractivity contribution is 0.199. The average Bonchev–Trinajstić information content (AvgIpc) is 2.77. The topological polar surface area (TPSA) is 85.2 Å². The molecule has 0 amide bonds. The second-order valence-electron chi connectivity index (χ2n) is 3.52. The number of rotatable bonds is 3. The molecule has 0 saturated carbocycles. The molecular formula is C11H13N3O2. The first-order valence-electron chi connectivity index (χ1n) is 5.01. The number of aliphatic hydroxyl groups excluding tert-OH is 1. The summed E-state index contributed by atoms with van der Waals surface area (Å²) in [6.45, 7) is 1.93. The molecule has 0 bridgehead atoms. The zero-order chi connectivity index (χ0) is 11.5. The summed E-state index contributed by atoms with van der Waals surface area (Å²) in [6.07, 6.45) is -0.513. The first-order chi connectivity index (χ1) is 7.70. The van der Waals surface area contributed by atoms with Crippen LogP contribution in [0.1, 0.15) is 24.5 Å². The molecule has 0 saturated heterocycles. The van der Waals surface area contributed by atoms with Gasteiger partial charge in [-0.15, -0.1) is 0 Å².